The fraction of sp³-hybridized carbons (Fsp3) is 0.0345. The fourth-order valence-electron chi connectivity index (χ4n) is 4.26. The molecular weight excluding hydrogens is 466 g/mol. The van der Waals surface area contributed by atoms with Gasteiger partial charge in [-0.05, 0) is 48.5 Å². The van der Waals surface area contributed by atoms with Gasteiger partial charge >= 0.3 is 0 Å². The van der Waals surface area contributed by atoms with E-state index in [1.54, 1.807) is 61.2 Å². The van der Waals surface area contributed by atoms with E-state index in [0.717, 1.165) is 16.9 Å². The summed E-state index contributed by atoms with van der Waals surface area (Å²) in [6.07, 6.45) is 4.94. The van der Waals surface area contributed by atoms with E-state index in [2.05, 4.69) is 15.3 Å². The molecule has 0 unspecified atom stereocenters. The highest BCUT2D eigenvalue weighted by atomic mass is 16.5. The molecular formula is C29H21N5O3. The van der Waals surface area contributed by atoms with E-state index in [1.807, 2.05) is 58.6 Å². The monoisotopic (exact) mass is 487 g/mol. The Morgan fingerprint density at radius 1 is 0.892 bits per heavy atom. The van der Waals surface area contributed by atoms with Crippen molar-refractivity contribution in [1.82, 2.24) is 19.1 Å². The van der Waals surface area contributed by atoms with E-state index >= 15 is 0 Å². The van der Waals surface area contributed by atoms with Crippen LogP contribution in [0.3, 0.4) is 0 Å². The Labute approximate surface area is 211 Å². The van der Waals surface area contributed by atoms with Crippen LogP contribution in [0.25, 0.3) is 27.8 Å². The second kappa shape index (κ2) is 9.09. The van der Waals surface area contributed by atoms with Crippen LogP contribution in [0.5, 0.6) is 11.5 Å². The number of hydrogen-bond donors (Lipinski definition) is 1. The smallest absolute Gasteiger partial charge is 0.261 e. The van der Waals surface area contributed by atoms with E-state index in [0.29, 0.717) is 28.1 Å². The summed E-state index contributed by atoms with van der Waals surface area (Å²) in [7, 11) is 1.87. The molecule has 0 fully saturated rings. The number of amides is 1. The van der Waals surface area contributed by atoms with Gasteiger partial charge in [-0.3, -0.25) is 9.59 Å². The van der Waals surface area contributed by atoms with E-state index in [4.69, 9.17) is 4.74 Å². The summed E-state index contributed by atoms with van der Waals surface area (Å²) >= 11 is 0. The Morgan fingerprint density at radius 3 is 2.46 bits per heavy atom. The number of pyridine rings is 2. The number of nitrogens with one attached hydrogen (secondary N) is 1. The van der Waals surface area contributed by atoms with Crippen LogP contribution in [0.4, 0.5) is 5.69 Å². The van der Waals surface area contributed by atoms with Gasteiger partial charge in [-0.2, -0.15) is 0 Å². The first-order valence-corrected chi connectivity index (χ1v) is 11.6. The summed E-state index contributed by atoms with van der Waals surface area (Å²) in [4.78, 5) is 35.1. The summed E-state index contributed by atoms with van der Waals surface area (Å²) in [6.45, 7) is 0. The predicted molar refractivity (Wildman–Crippen MR) is 143 cm³/mol. The van der Waals surface area contributed by atoms with Crippen molar-refractivity contribution in [3.8, 4) is 17.2 Å². The Bertz CT molecular complexity index is 1820. The average molecular weight is 488 g/mol. The number of anilines is 1. The molecule has 0 aliphatic heterocycles. The molecule has 6 rings (SSSR count). The first-order valence-electron chi connectivity index (χ1n) is 11.6. The lowest BCUT2D eigenvalue weighted by Gasteiger charge is -2.14. The maximum absolute atomic E-state index is 13.2. The molecule has 0 spiro atoms. The molecule has 8 nitrogen and oxygen atoms in total. The molecule has 37 heavy (non-hydrogen) atoms. The molecule has 1 N–H and O–H groups in total. The quantitative estimate of drug-likeness (QED) is 0.356. The van der Waals surface area contributed by atoms with Gasteiger partial charge in [-0.25, -0.2) is 9.97 Å². The molecule has 0 bridgehead atoms. The minimum Gasteiger partial charge on any atom is -0.455 e. The lowest BCUT2D eigenvalue weighted by molar-refractivity contribution is 0.102. The zero-order valence-electron chi connectivity index (χ0n) is 19.8. The molecule has 0 saturated carbocycles. The van der Waals surface area contributed by atoms with Crippen molar-refractivity contribution in [2.45, 2.75) is 0 Å². The van der Waals surface area contributed by atoms with Gasteiger partial charge in [0.1, 0.15) is 11.3 Å². The van der Waals surface area contributed by atoms with Gasteiger partial charge < -0.3 is 19.2 Å². The SMILES string of the molecule is Cn1cnc2c(Oc3ccc(NC(=O)c4cn(-c5ccccc5)c5ccccc5c4=O)cc3)ccnc21. The number of aromatic nitrogens is 4. The zero-order valence-corrected chi connectivity index (χ0v) is 19.8. The van der Waals surface area contributed by atoms with Crippen LogP contribution < -0.4 is 15.5 Å². The molecule has 6 aromatic rings. The largest absolute Gasteiger partial charge is 0.455 e. The Kier molecular flexibility index (Phi) is 5.46. The molecule has 0 aliphatic rings. The fourth-order valence-corrected chi connectivity index (χ4v) is 4.26. The summed E-state index contributed by atoms with van der Waals surface area (Å²) in [5.74, 6) is 0.673. The number of imidazole rings is 1. The lowest BCUT2D eigenvalue weighted by Crippen LogP contribution is -2.23. The van der Waals surface area contributed by atoms with Gasteiger partial charge in [-0.15, -0.1) is 0 Å². The topological polar surface area (TPSA) is 91.0 Å². The van der Waals surface area contributed by atoms with Gasteiger partial charge in [0.25, 0.3) is 5.91 Å². The number of carbonyl (C=O) groups is 1. The number of fused-ring (bicyclic) bond motifs is 2. The van der Waals surface area contributed by atoms with E-state index < -0.39 is 5.91 Å². The van der Waals surface area contributed by atoms with Crippen LogP contribution in [0, 0.1) is 0 Å². The van der Waals surface area contributed by atoms with Gasteiger partial charge in [0.2, 0.25) is 5.43 Å². The van der Waals surface area contributed by atoms with Crippen molar-refractivity contribution in [3.63, 3.8) is 0 Å². The first kappa shape index (κ1) is 22.2. The second-order valence-corrected chi connectivity index (χ2v) is 8.51. The molecule has 0 saturated heterocycles. The number of benzene rings is 3. The summed E-state index contributed by atoms with van der Waals surface area (Å²) < 4.78 is 9.68. The van der Waals surface area contributed by atoms with Crippen molar-refractivity contribution < 1.29 is 9.53 Å². The average Bonchev–Trinajstić information content (AvgIpc) is 3.32. The molecule has 180 valence electrons. The Hall–Kier alpha value is -5.24. The highest BCUT2D eigenvalue weighted by Crippen LogP contribution is 2.28. The maximum Gasteiger partial charge on any atom is 0.261 e. The van der Waals surface area contributed by atoms with Gasteiger partial charge in [0, 0.05) is 42.3 Å². The molecule has 3 heterocycles. The number of aryl methyl sites for hydroxylation is 1. The lowest BCUT2D eigenvalue weighted by atomic mass is 10.1. The Balaban J connectivity index is 1.28. The normalized spacial score (nSPS) is 11.1. The third kappa shape index (κ3) is 4.10. The summed E-state index contributed by atoms with van der Waals surface area (Å²) in [6, 6.07) is 25.6. The van der Waals surface area contributed by atoms with Crippen molar-refractivity contribution in [2.75, 3.05) is 5.32 Å². The highest BCUT2D eigenvalue weighted by Gasteiger charge is 2.17. The van der Waals surface area contributed by atoms with Crippen molar-refractivity contribution in [3.05, 3.63) is 119 Å². The predicted octanol–water partition coefficient (Wildman–Crippen LogP) is 5.32. The van der Waals surface area contributed by atoms with E-state index in [-0.39, 0.29) is 11.0 Å². The van der Waals surface area contributed by atoms with Crippen LogP contribution in [-0.2, 0) is 7.05 Å². The van der Waals surface area contributed by atoms with Gasteiger partial charge in [0.05, 0.1) is 11.8 Å². The molecule has 0 aliphatic carbocycles. The number of ether oxygens (including phenoxy) is 1. The van der Waals surface area contributed by atoms with Crippen LogP contribution in [0.15, 0.2) is 108 Å². The third-order valence-electron chi connectivity index (χ3n) is 6.09. The summed E-state index contributed by atoms with van der Waals surface area (Å²) in [5.41, 5.74) is 3.23. The Morgan fingerprint density at radius 2 is 1.65 bits per heavy atom. The van der Waals surface area contributed by atoms with Crippen LogP contribution in [0.1, 0.15) is 10.4 Å². The number of hydrogen-bond acceptors (Lipinski definition) is 5. The molecule has 1 amide bonds. The first-order chi connectivity index (χ1) is 18.1. The van der Waals surface area contributed by atoms with Crippen LogP contribution >= 0.6 is 0 Å². The van der Waals surface area contributed by atoms with Crippen molar-refractivity contribution >= 4 is 33.7 Å². The minimum absolute atomic E-state index is 0.0530. The van der Waals surface area contributed by atoms with E-state index in [9.17, 15) is 9.59 Å². The number of rotatable bonds is 5. The molecule has 0 atom stereocenters. The maximum atomic E-state index is 13.2. The van der Waals surface area contributed by atoms with E-state index in [1.165, 1.54) is 0 Å². The number of para-hydroxylation sites is 2. The second-order valence-electron chi connectivity index (χ2n) is 8.51. The van der Waals surface area contributed by atoms with Crippen molar-refractivity contribution in [1.29, 1.82) is 0 Å². The molecule has 3 aromatic heterocycles. The number of nitrogens with zero attached hydrogens (tertiary/aromatic N) is 4. The van der Waals surface area contributed by atoms with Crippen LogP contribution in [-0.4, -0.2) is 25.0 Å². The van der Waals surface area contributed by atoms with Gasteiger partial charge in [-0.1, -0.05) is 30.3 Å². The minimum atomic E-state index is -0.488. The van der Waals surface area contributed by atoms with Gasteiger partial charge in [0.15, 0.2) is 16.9 Å². The van der Waals surface area contributed by atoms with Crippen molar-refractivity contribution in [2.24, 2.45) is 7.05 Å². The molecule has 0 radical (unpaired) electrons. The third-order valence-corrected chi connectivity index (χ3v) is 6.09. The highest BCUT2D eigenvalue weighted by molar-refractivity contribution is 6.06. The zero-order chi connectivity index (χ0) is 25.4. The molecule has 8 heteroatoms. The molecule has 3 aromatic carbocycles. The van der Waals surface area contributed by atoms with Crippen LogP contribution in [0.2, 0.25) is 0 Å². The standard InChI is InChI=1S/C29H21N5O3/c1-33-18-31-26-25(15-16-30-28(26)33)37-21-13-11-19(12-14-21)32-29(36)23-17-34(20-7-3-2-4-8-20)24-10-6-5-9-22(24)27(23)35/h2-18H,1H3,(H,32,36). The number of carbonyl (C=O) groups excluding carboxylic acids is 1. The summed E-state index contributed by atoms with van der Waals surface area (Å²) in [5, 5.41) is 3.31.